The molecule has 0 spiro atoms. The average molecular weight is 286 g/mol. The van der Waals surface area contributed by atoms with Crippen LogP contribution >= 0.6 is 11.3 Å². The van der Waals surface area contributed by atoms with Crippen LogP contribution in [0.25, 0.3) is 10.2 Å². The van der Waals surface area contributed by atoms with Gasteiger partial charge in [0.25, 0.3) is 5.56 Å². The van der Waals surface area contributed by atoms with E-state index >= 15 is 0 Å². The maximum Gasteiger partial charge on any atom is 0.271 e. The Labute approximate surface area is 119 Å². The number of nitrogens with zero attached hydrogens (tertiary/aromatic N) is 3. The number of hydrogen-bond acceptors (Lipinski definition) is 5. The van der Waals surface area contributed by atoms with Crippen LogP contribution in [0.2, 0.25) is 0 Å². The van der Waals surface area contributed by atoms with E-state index in [9.17, 15) is 4.79 Å². The number of aromatic nitrogens is 3. The van der Waals surface area contributed by atoms with Crippen molar-refractivity contribution in [1.82, 2.24) is 14.5 Å². The third-order valence-corrected chi connectivity index (χ3v) is 4.23. The zero-order valence-corrected chi connectivity index (χ0v) is 12.1. The Morgan fingerprint density at radius 1 is 1.40 bits per heavy atom. The maximum atomic E-state index is 12.4. The van der Waals surface area contributed by atoms with Gasteiger partial charge in [-0.05, 0) is 35.6 Å². The second kappa shape index (κ2) is 5.05. The van der Waals surface area contributed by atoms with Crippen LogP contribution in [-0.2, 0) is 6.54 Å². The van der Waals surface area contributed by atoms with E-state index in [-0.39, 0.29) is 5.56 Å². The van der Waals surface area contributed by atoms with Crippen LogP contribution < -0.4 is 10.9 Å². The lowest BCUT2D eigenvalue weighted by Gasteiger charge is -2.07. The lowest BCUT2D eigenvalue weighted by molar-refractivity contribution is 0.749. The molecule has 5 nitrogen and oxygen atoms in total. The normalized spacial score (nSPS) is 10.9. The summed E-state index contributed by atoms with van der Waals surface area (Å²) >= 11 is 1.45. The number of aryl methyl sites for hydroxylation is 1. The van der Waals surface area contributed by atoms with E-state index in [1.165, 1.54) is 11.3 Å². The molecular weight excluding hydrogens is 272 g/mol. The first-order valence-corrected chi connectivity index (χ1v) is 7.13. The van der Waals surface area contributed by atoms with Crippen LogP contribution in [0.15, 0.2) is 34.8 Å². The summed E-state index contributed by atoms with van der Waals surface area (Å²) in [7, 11) is 1.82. The molecule has 0 aliphatic heterocycles. The topological polar surface area (TPSA) is 59.8 Å². The number of hydrogen-bond donors (Lipinski definition) is 1. The zero-order chi connectivity index (χ0) is 14.1. The predicted octanol–water partition coefficient (Wildman–Crippen LogP) is 2.25. The summed E-state index contributed by atoms with van der Waals surface area (Å²) in [5, 5.41) is 4.96. The third kappa shape index (κ3) is 2.18. The molecule has 20 heavy (non-hydrogen) atoms. The van der Waals surface area contributed by atoms with Crippen molar-refractivity contribution in [3.8, 4) is 0 Å². The van der Waals surface area contributed by atoms with E-state index in [0.717, 1.165) is 22.5 Å². The van der Waals surface area contributed by atoms with Crippen molar-refractivity contribution in [3.05, 3.63) is 51.5 Å². The number of pyridine rings is 1. The summed E-state index contributed by atoms with van der Waals surface area (Å²) < 4.78 is 2.35. The van der Waals surface area contributed by atoms with Gasteiger partial charge in [0, 0.05) is 13.2 Å². The molecule has 0 unspecified atom stereocenters. The average Bonchev–Trinajstić information content (AvgIpc) is 2.84. The van der Waals surface area contributed by atoms with Gasteiger partial charge in [-0.2, -0.15) is 0 Å². The predicted molar refractivity (Wildman–Crippen MR) is 81.5 cm³/mol. The molecule has 6 heteroatoms. The molecule has 3 aromatic heterocycles. The number of anilines is 1. The lowest BCUT2D eigenvalue weighted by atomic mass is 10.2. The highest BCUT2D eigenvalue weighted by atomic mass is 32.1. The molecule has 3 aromatic rings. The Morgan fingerprint density at radius 3 is 3.05 bits per heavy atom. The van der Waals surface area contributed by atoms with Gasteiger partial charge in [0.1, 0.15) is 10.5 Å². The van der Waals surface area contributed by atoms with Crippen LogP contribution in [0, 0.1) is 6.92 Å². The quantitative estimate of drug-likeness (QED) is 0.802. The SMILES string of the molecule is CNc1cc(Cn2cnc3c(C)csc3c2=O)ccn1. The van der Waals surface area contributed by atoms with Crippen molar-refractivity contribution < 1.29 is 0 Å². The Bertz CT molecular complexity index is 821. The van der Waals surface area contributed by atoms with E-state index in [2.05, 4.69) is 15.3 Å². The molecule has 0 aliphatic carbocycles. The first kappa shape index (κ1) is 12.8. The molecule has 1 N–H and O–H groups in total. The van der Waals surface area contributed by atoms with E-state index in [1.807, 2.05) is 31.5 Å². The summed E-state index contributed by atoms with van der Waals surface area (Å²) in [5.74, 6) is 0.788. The molecule has 0 saturated carbocycles. The highest BCUT2D eigenvalue weighted by Crippen LogP contribution is 2.19. The fraction of sp³-hybridized carbons (Fsp3) is 0.214. The molecule has 3 heterocycles. The summed E-state index contributed by atoms with van der Waals surface area (Å²) in [6.45, 7) is 2.47. The molecule has 3 rings (SSSR count). The van der Waals surface area contributed by atoms with Gasteiger partial charge < -0.3 is 5.32 Å². The molecule has 0 amide bonds. The summed E-state index contributed by atoms with van der Waals surface area (Å²) in [4.78, 5) is 20.9. The van der Waals surface area contributed by atoms with Gasteiger partial charge in [-0.25, -0.2) is 9.97 Å². The van der Waals surface area contributed by atoms with Gasteiger partial charge in [0.15, 0.2) is 0 Å². The highest BCUT2D eigenvalue weighted by molar-refractivity contribution is 7.17. The minimum Gasteiger partial charge on any atom is -0.373 e. The fourth-order valence-corrected chi connectivity index (χ4v) is 3.03. The van der Waals surface area contributed by atoms with Crippen LogP contribution in [0.4, 0.5) is 5.82 Å². The van der Waals surface area contributed by atoms with Gasteiger partial charge >= 0.3 is 0 Å². The van der Waals surface area contributed by atoms with Crippen molar-refractivity contribution in [2.75, 3.05) is 12.4 Å². The molecular formula is C14H14N4OS. The van der Waals surface area contributed by atoms with Crippen LogP contribution in [0.5, 0.6) is 0 Å². The molecule has 0 fully saturated rings. The standard InChI is InChI=1S/C14H14N4OS/c1-9-7-20-13-12(9)17-8-18(14(13)19)6-10-3-4-16-11(5-10)15-2/h3-5,7-8H,6H2,1-2H3,(H,15,16). The third-order valence-electron chi connectivity index (χ3n) is 3.16. The lowest BCUT2D eigenvalue weighted by Crippen LogP contribution is -2.20. The summed E-state index contributed by atoms with van der Waals surface area (Å²) in [6, 6.07) is 3.83. The van der Waals surface area contributed by atoms with Gasteiger partial charge in [0.2, 0.25) is 0 Å². The monoisotopic (exact) mass is 286 g/mol. The van der Waals surface area contributed by atoms with E-state index in [4.69, 9.17) is 0 Å². The minimum absolute atomic E-state index is 0.0101. The molecule has 0 bridgehead atoms. The number of thiophene rings is 1. The largest absolute Gasteiger partial charge is 0.373 e. The van der Waals surface area contributed by atoms with Gasteiger partial charge in [0.05, 0.1) is 18.4 Å². The van der Waals surface area contributed by atoms with E-state index in [0.29, 0.717) is 11.2 Å². The summed E-state index contributed by atoms with van der Waals surface area (Å²) in [5.41, 5.74) is 2.88. The molecule has 0 aliphatic rings. The first-order chi connectivity index (χ1) is 9.69. The second-order valence-corrected chi connectivity index (χ2v) is 5.45. The van der Waals surface area contributed by atoms with Crippen molar-refractivity contribution >= 4 is 27.4 Å². The van der Waals surface area contributed by atoms with Gasteiger partial charge in [-0.3, -0.25) is 9.36 Å². The van der Waals surface area contributed by atoms with Gasteiger partial charge in [-0.15, -0.1) is 11.3 Å². The Morgan fingerprint density at radius 2 is 2.25 bits per heavy atom. The van der Waals surface area contributed by atoms with Crippen LogP contribution in [0.1, 0.15) is 11.1 Å². The first-order valence-electron chi connectivity index (χ1n) is 6.25. The Kier molecular flexibility index (Phi) is 3.23. The molecule has 0 aromatic carbocycles. The molecule has 102 valence electrons. The number of rotatable bonds is 3. The van der Waals surface area contributed by atoms with Gasteiger partial charge in [-0.1, -0.05) is 0 Å². The maximum absolute atomic E-state index is 12.4. The van der Waals surface area contributed by atoms with Crippen LogP contribution in [-0.4, -0.2) is 21.6 Å². The van der Waals surface area contributed by atoms with Crippen molar-refractivity contribution in [3.63, 3.8) is 0 Å². The second-order valence-electron chi connectivity index (χ2n) is 4.57. The number of nitrogens with one attached hydrogen (secondary N) is 1. The highest BCUT2D eigenvalue weighted by Gasteiger charge is 2.08. The van der Waals surface area contributed by atoms with Crippen molar-refractivity contribution in [2.24, 2.45) is 0 Å². The zero-order valence-electron chi connectivity index (χ0n) is 11.3. The molecule has 0 radical (unpaired) electrons. The molecule has 0 atom stereocenters. The van der Waals surface area contributed by atoms with Crippen molar-refractivity contribution in [1.29, 1.82) is 0 Å². The van der Waals surface area contributed by atoms with E-state index < -0.39 is 0 Å². The summed E-state index contributed by atoms with van der Waals surface area (Å²) in [6.07, 6.45) is 3.34. The fourth-order valence-electron chi connectivity index (χ4n) is 2.08. The smallest absolute Gasteiger partial charge is 0.271 e. The minimum atomic E-state index is 0.0101. The Balaban J connectivity index is 2.02. The van der Waals surface area contributed by atoms with E-state index in [1.54, 1.807) is 17.1 Å². The molecule has 0 saturated heterocycles. The van der Waals surface area contributed by atoms with Crippen LogP contribution in [0.3, 0.4) is 0 Å². The Hall–Kier alpha value is -2.21. The number of fused-ring (bicyclic) bond motifs is 1. The van der Waals surface area contributed by atoms with Crippen molar-refractivity contribution in [2.45, 2.75) is 13.5 Å².